The summed E-state index contributed by atoms with van der Waals surface area (Å²) in [7, 11) is 0. The standard InChI is InChI=1S/C16H19N3OS/c1-2-13-5-7-14(8-6-13)19-12-18(11-17-16(19)21)10-15-4-3-9-20-15/h3-9H,2,10-12H2,1H3,(H,17,21)/p+1. The van der Waals surface area contributed by atoms with Gasteiger partial charge in [0.1, 0.15) is 6.54 Å². The molecule has 2 heterocycles. The van der Waals surface area contributed by atoms with Gasteiger partial charge in [0.25, 0.3) is 0 Å². The molecule has 1 fully saturated rings. The van der Waals surface area contributed by atoms with E-state index >= 15 is 0 Å². The van der Waals surface area contributed by atoms with Gasteiger partial charge in [-0.15, -0.1) is 0 Å². The molecule has 4 nitrogen and oxygen atoms in total. The molecule has 0 amide bonds. The number of hydrogen-bond acceptors (Lipinski definition) is 2. The molecule has 1 aliphatic heterocycles. The van der Waals surface area contributed by atoms with Gasteiger partial charge in [0.2, 0.25) is 0 Å². The fourth-order valence-corrected chi connectivity index (χ4v) is 2.79. The van der Waals surface area contributed by atoms with Crippen LogP contribution in [0, 0.1) is 0 Å². The van der Waals surface area contributed by atoms with E-state index in [9.17, 15) is 0 Å². The van der Waals surface area contributed by atoms with Gasteiger partial charge in [0, 0.05) is 5.69 Å². The molecule has 5 heteroatoms. The number of benzene rings is 1. The Morgan fingerprint density at radius 1 is 1.29 bits per heavy atom. The maximum absolute atomic E-state index is 5.45. The maximum Gasteiger partial charge on any atom is 0.182 e. The minimum atomic E-state index is 0.794. The number of rotatable bonds is 4. The predicted molar refractivity (Wildman–Crippen MR) is 87.1 cm³/mol. The van der Waals surface area contributed by atoms with Crippen molar-refractivity contribution in [2.24, 2.45) is 0 Å². The summed E-state index contributed by atoms with van der Waals surface area (Å²) in [6.45, 7) is 4.69. The molecule has 0 saturated carbocycles. The molecule has 0 radical (unpaired) electrons. The van der Waals surface area contributed by atoms with Crippen molar-refractivity contribution in [2.75, 3.05) is 18.2 Å². The molecular weight excluding hydrogens is 282 g/mol. The van der Waals surface area contributed by atoms with Crippen LogP contribution in [0.3, 0.4) is 0 Å². The molecule has 0 spiro atoms. The molecule has 1 atom stereocenters. The fraction of sp³-hybridized carbons (Fsp3) is 0.312. The van der Waals surface area contributed by atoms with Crippen LogP contribution in [0.25, 0.3) is 0 Å². The van der Waals surface area contributed by atoms with Gasteiger partial charge in [-0.3, -0.25) is 9.80 Å². The SMILES string of the molecule is CCc1ccc(N2C[NH+](Cc3ccco3)CNC2=S)cc1. The fourth-order valence-electron chi connectivity index (χ4n) is 2.55. The van der Waals surface area contributed by atoms with Crippen LogP contribution in [0.2, 0.25) is 0 Å². The summed E-state index contributed by atoms with van der Waals surface area (Å²) in [5.41, 5.74) is 2.48. The van der Waals surface area contributed by atoms with E-state index in [2.05, 4.69) is 41.4 Å². The van der Waals surface area contributed by atoms with E-state index in [1.165, 1.54) is 10.5 Å². The van der Waals surface area contributed by atoms with Crippen LogP contribution in [0.15, 0.2) is 47.1 Å². The third-order valence-corrected chi connectivity index (χ3v) is 4.14. The van der Waals surface area contributed by atoms with Gasteiger partial charge < -0.3 is 9.73 Å². The van der Waals surface area contributed by atoms with E-state index in [4.69, 9.17) is 16.6 Å². The van der Waals surface area contributed by atoms with Crippen molar-refractivity contribution in [3.05, 3.63) is 54.0 Å². The highest BCUT2D eigenvalue weighted by atomic mass is 32.1. The molecule has 1 unspecified atom stereocenters. The Bertz CT molecular complexity index is 594. The molecule has 0 aliphatic carbocycles. The van der Waals surface area contributed by atoms with Crippen molar-refractivity contribution >= 4 is 23.0 Å². The van der Waals surface area contributed by atoms with Crippen LogP contribution in [0.1, 0.15) is 18.2 Å². The summed E-state index contributed by atoms with van der Waals surface area (Å²) >= 11 is 5.45. The molecular formula is C16H20N3OS+. The zero-order chi connectivity index (χ0) is 14.7. The Hall–Kier alpha value is -1.85. The first-order chi connectivity index (χ1) is 10.3. The second kappa shape index (κ2) is 6.28. The normalized spacial score (nSPS) is 18.6. The molecule has 1 aliphatic rings. The van der Waals surface area contributed by atoms with Crippen molar-refractivity contribution in [1.82, 2.24) is 5.32 Å². The van der Waals surface area contributed by atoms with Crippen LogP contribution < -0.4 is 15.1 Å². The van der Waals surface area contributed by atoms with Crippen LogP contribution in [0.4, 0.5) is 5.69 Å². The van der Waals surface area contributed by atoms with Gasteiger partial charge in [0.05, 0.1) is 6.26 Å². The number of nitrogens with one attached hydrogen (secondary N) is 2. The Labute approximate surface area is 130 Å². The lowest BCUT2D eigenvalue weighted by Gasteiger charge is -2.34. The molecule has 1 saturated heterocycles. The van der Waals surface area contributed by atoms with Crippen molar-refractivity contribution in [3.8, 4) is 0 Å². The van der Waals surface area contributed by atoms with E-state index in [1.807, 2.05) is 12.1 Å². The van der Waals surface area contributed by atoms with Gasteiger partial charge in [0.15, 0.2) is 24.2 Å². The smallest absolute Gasteiger partial charge is 0.182 e. The molecule has 2 aromatic rings. The number of quaternary nitrogens is 1. The summed E-state index contributed by atoms with van der Waals surface area (Å²) in [6, 6.07) is 12.6. The first-order valence-electron chi connectivity index (χ1n) is 7.26. The summed E-state index contributed by atoms with van der Waals surface area (Å²) in [5, 5.41) is 4.09. The molecule has 1 aromatic heterocycles. The number of anilines is 1. The second-order valence-corrected chi connectivity index (χ2v) is 5.66. The van der Waals surface area contributed by atoms with E-state index < -0.39 is 0 Å². The molecule has 1 aromatic carbocycles. The lowest BCUT2D eigenvalue weighted by molar-refractivity contribution is -0.917. The number of thiocarbonyl (C=S) groups is 1. The summed E-state index contributed by atoms with van der Waals surface area (Å²) in [6.07, 6.45) is 2.77. The first kappa shape index (κ1) is 14.1. The summed E-state index contributed by atoms with van der Waals surface area (Å²) < 4.78 is 5.43. The Kier molecular flexibility index (Phi) is 4.22. The molecule has 3 rings (SSSR count). The Balaban J connectivity index is 1.72. The number of hydrogen-bond donors (Lipinski definition) is 2. The quantitative estimate of drug-likeness (QED) is 0.839. The minimum Gasteiger partial charge on any atom is -0.463 e. The lowest BCUT2D eigenvalue weighted by atomic mass is 10.1. The van der Waals surface area contributed by atoms with E-state index in [0.717, 1.165) is 42.9 Å². The van der Waals surface area contributed by atoms with Crippen molar-refractivity contribution < 1.29 is 9.32 Å². The largest absolute Gasteiger partial charge is 0.463 e. The third-order valence-electron chi connectivity index (χ3n) is 3.78. The topological polar surface area (TPSA) is 32.9 Å². The van der Waals surface area contributed by atoms with Crippen molar-refractivity contribution in [2.45, 2.75) is 19.9 Å². The highest BCUT2D eigenvalue weighted by Gasteiger charge is 2.25. The maximum atomic E-state index is 5.45. The van der Waals surface area contributed by atoms with Gasteiger partial charge in [-0.05, 0) is 48.5 Å². The number of aryl methyl sites for hydroxylation is 1. The monoisotopic (exact) mass is 302 g/mol. The lowest BCUT2D eigenvalue weighted by Crippen LogP contribution is -3.16. The van der Waals surface area contributed by atoms with E-state index in [0.29, 0.717) is 0 Å². The van der Waals surface area contributed by atoms with Crippen LogP contribution in [-0.2, 0) is 13.0 Å². The summed E-state index contributed by atoms with van der Waals surface area (Å²) in [5.74, 6) is 1.00. The Morgan fingerprint density at radius 3 is 2.76 bits per heavy atom. The third kappa shape index (κ3) is 3.25. The molecule has 110 valence electrons. The highest BCUT2D eigenvalue weighted by molar-refractivity contribution is 7.80. The van der Waals surface area contributed by atoms with E-state index in [-0.39, 0.29) is 0 Å². The number of furan rings is 1. The predicted octanol–water partition coefficient (Wildman–Crippen LogP) is 1.54. The van der Waals surface area contributed by atoms with Crippen LogP contribution in [0.5, 0.6) is 0 Å². The van der Waals surface area contributed by atoms with Crippen LogP contribution in [-0.4, -0.2) is 18.4 Å². The van der Waals surface area contributed by atoms with Gasteiger partial charge in [-0.25, -0.2) is 0 Å². The average molecular weight is 302 g/mol. The summed E-state index contributed by atoms with van der Waals surface area (Å²) in [4.78, 5) is 3.52. The van der Waals surface area contributed by atoms with Gasteiger partial charge >= 0.3 is 0 Å². The zero-order valence-corrected chi connectivity index (χ0v) is 13.0. The van der Waals surface area contributed by atoms with Crippen LogP contribution >= 0.6 is 12.2 Å². The first-order valence-corrected chi connectivity index (χ1v) is 7.67. The highest BCUT2D eigenvalue weighted by Crippen LogP contribution is 2.15. The average Bonchev–Trinajstić information content (AvgIpc) is 3.02. The molecule has 2 N–H and O–H groups in total. The van der Waals surface area contributed by atoms with Crippen molar-refractivity contribution in [1.29, 1.82) is 0 Å². The second-order valence-electron chi connectivity index (χ2n) is 5.27. The van der Waals surface area contributed by atoms with Gasteiger partial charge in [-0.2, -0.15) is 0 Å². The molecule has 0 bridgehead atoms. The number of nitrogens with zero attached hydrogens (tertiary/aromatic N) is 1. The minimum absolute atomic E-state index is 0.794. The van der Waals surface area contributed by atoms with Crippen molar-refractivity contribution in [3.63, 3.8) is 0 Å². The van der Waals surface area contributed by atoms with Gasteiger partial charge in [-0.1, -0.05) is 19.1 Å². The van der Waals surface area contributed by atoms with E-state index in [1.54, 1.807) is 6.26 Å². The Morgan fingerprint density at radius 2 is 2.10 bits per heavy atom. The molecule has 21 heavy (non-hydrogen) atoms. The zero-order valence-electron chi connectivity index (χ0n) is 12.1.